The van der Waals surface area contributed by atoms with Gasteiger partial charge in [0, 0.05) is 12.6 Å². The molecule has 1 unspecified atom stereocenters. The molecular formula is C14H18FNO2. The number of nitrogens with zero attached hydrogens (tertiary/aromatic N) is 1. The molecule has 0 aliphatic heterocycles. The Labute approximate surface area is 107 Å². The average Bonchev–Trinajstić information content (AvgIpc) is 2.31. The molecule has 4 heteroatoms. The maximum Gasteiger partial charge on any atom is 0.224 e. The number of anilines is 1. The third kappa shape index (κ3) is 3.40. The molecule has 0 aromatic heterocycles. The highest BCUT2D eigenvalue weighted by atomic mass is 19.1. The van der Waals surface area contributed by atoms with E-state index in [2.05, 4.69) is 6.58 Å². The standard InChI is InChI=1S/C14H18FNO2/c1-4-5-14(18)10(2)16(11(3)17)13-8-6-12(15)7-9-13/h4,6-10,14,18H,1,5H2,2-3H3/t10?,14-/m1/s1. The van der Waals surface area contributed by atoms with Crippen molar-refractivity contribution in [3.05, 3.63) is 42.7 Å². The summed E-state index contributed by atoms with van der Waals surface area (Å²) in [4.78, 5) is 13.1. The Morgan fingerprint density at radius 3 is 2.50 bits per heavy atom. The van der Waals surface area contributed by atoms with Gasteiger partial charge in [0.2, 0.25) is 5.91 Å². The van der Waals surface area contributed by atoms with Crippen molar-refractivity contribution >= 4 is 11.6 Å². The number of aliphatic hydroxyl groups is 1. The van der Waals surface area contributed by atoms with Crippen LogP contribution in [0.5, 0.6) is 0 Å². The van der Waals surface area contributed by atoms with E-state index < -0.39 is 12.1 Å². The van der Waals surface area contributed by atoms with E-state index in [1.807, 2.05) is 0 Å². The van der Waals surface area contributed by atoms with Crippen LogP contribution in [0, 0.1) is 5.82 Å². The number of hydrogen-bond donors (Lipinski definition) is 1. The van der Waals surface area contributed by atoms with Gasteiger partial charge >= 0.3 is 0 Å². The van der Waals surface area contributed by atoms with Crippen molar-refractivity contribution in [2.24, 2.45) is 0 Å². The molecule has 2 atom stereocenters. The number of halogens is 1. The first kappa shape index (κ1) is 14.4. The Bertz CT molecular complexity index is 416. The SMILES string of the molecule is C=CC[C@@H](O)C(C)N(C(C)=O)c1ccc(F)cc1. The van der Waals surface area contributed by atoms with Gasteiger partial charge in [-0.2, -0.15) is 0 Å². The summed E-state index contributed by atoms with van der Waals surface area (Å²) in [6.45, 7) is 6.72. The van der Waals surface area contributed by atoms with Crippen molar-refractivity contribution in [3.8, 4) is 0 Å². The van der Waals surface area contributed by atoms with Crippen LogP contribution in [0.4, 0.5) is 10.1 Å². The zero-order chi connectivity index (χ0) is 13.7. The lowest BCUT2D eigenvalue weighted by molar-refractivity contribution is -0.117. The first-order chi connectivity index (χ1) is 8.47. The molecule has 0 aliphatic rings. The van der Waals surface area contributed by atoms with Crippen molar-refractivity contribution in [1.82, 2.24) is 0 Å². The van der Waals surface area contributed by atoms with E-state index in [4.69, 9.17) is 0 Å². The van der Waals surface area contributed by atoms with E-state index in [1.165, 1.54) is 36.1 Å². The van der Waals surface area contributed by atoms with Crippen LogP contribution in [-0.4, -0.2) is 23.2 Å². The third-order valence-corrected chi connectivity index (χ3v) is 2.82. The predicted octanol–water partition coefficient (Wildman–Crippen LogP) is 2.50. The minimum atomic E-state index is -0.698. The molecule has 1 N–H and O–H groups in total. The topological polar surface area (TPSA) is 40.5 Å². The fourth-order valence-corrected chi connectivity index (χ4v) is 1.85. The fraction of sp³-hybridized carbons (Fsp3) is 0.357. The van der Waals surface area contributed by atoms with Crippen LogP contribution in [0.3, 0.4) is 0 Å². The van der Waals surface area contributed by atoms with Gasteiger partial charge in [-0.25, -0.2) is 4.39 Å². The van der Waals surface area contributed by atoms with E-state index in [0.29, 0.717) is 12.1 Å². The minimum Gasteiger partial charge on any atom is -0.391 e. The molecule has 0 saturated heterocycles. The maximum atomic E-state index is 12.9. The number of aliphatic hydroxyl groups excluding tert-OH is 1. The molecule has 1 amide bonds. The van der Waals surface area contributed by atoms with Crippen LogP contribution < -0.4 is 4.90 Å². The highest BCUT2D eigenvalue weighted by molar-refractivity contribution is 5.92. The highest BCUT2D eigenvalue weighted by Crippen LogP contribution is 2.20. The van der Waals surface area contributed by atoms with Crippen LogP contribution in [0.1, 0.15) is 20.3 Å². The molecule has 0 fully saturated rings. The van der Waals surface area contributed by atoms with Crippen molar-refractivity contribution in [2.45, 2.75) is 32.4 Å². The molecule has 18 heavy (non-hydrogen) atoms. The van der Waals surface area contributed by atoms with Crippen molar-refractivity contribution < 1.29 is 14.3 Å². The van der Waals surface area contributed by atoms with Crippen LogP contribution in [0.15, 0.2) is 36.9 Å². The fourth-order valence-electron chi connectivity index (χ4n) is 1.85. The van der Waals surface area contributed by atoms with E-state index in [0.717, 1.165) is 0 Å². The predicted molar refractivity (Wildman–Crippen MR) is 69.8 cm³/mol. The van der Waals surface area contributed by atoms with E-state index >= 15 is 0 Å². The number of amides is 1. The Balaban J connectivity index is 2.98. The zero-order valence-electron chi connectivity index (χ0n) is 10.6. The summed E-state index contributed by atoms with van der Waals surface area (Å²) in [5, 5.41) is 9.91. The van der Waals surface area contributed by atoms with Crippen molar-refractivity contribution in [2.75, 3.05) is 4.90 Å². The molecule has 0 heterocycles. The molecule has 0 aliphatic carbocycles. The maximum absolute atomic E-state index is 12.9. The average molecular weight is 251 g/mol. The summed E-state index contributed by atoms with van der Waals surface area (Å²) < 4.78 is 12.9. The molecule has 0 bridgehead atoms. The molecule has 0 saturated carbocycles. The first-order valence-electron chi connectivity index (χ1n) is 5.81. The number of rotatable bonds is 5. The molecule has 1 rings (SSSR count). The number of hydrogen-bond acceptors (Lipinski definition) is 2. The van der Waals surface area contributed by atoms with Gasteiger partial charge < -0.3 is 10.0 Å². The van der Waals surface area contributed by atoms with Crippen molar-refractivity contribution in [3.63, 3.8) is 0 Å². The summed E-state index contributed by atoms with van der Waals surface area (Å²) in [5.74, 6) is -0.557. The Morgan fingerprint density at radius 2 is 2.06 bits per heavy atom. The number of carbonyl (C=O) groups excluding carboxylic acids is 1. The summed E-state index contributed by atoms with van der Waals surface area (Å²) >= 11 is 0. The van der Waals surface area contributed by atoms with Gasteiger partial charge in [-0.1, -0.05) is 6.08 Å². The Hall–Kier alpha value is -1.68. The van der Waals surface area contributed by atoms with Gasteiger partial charge in [-0.05, 0) is 37.6 Å². The normalized spacial score (nSPS) is 13.8. The second-order valence-corrected chi connectivity index (χ2v) is 4.20. The van der Waals surface area contributed by atoms with Crippen LogP contribution in [-0.2, 0) is 4.79 Å². The van der Waals surface area contributed by atoms with Crippen LogP contribution >= 0.6 is 0 Å². The van der Waals surface area contributed by atoms with Crippen molar-refractivity contribution in [1.29, 1.82) is 0 Å². The second kappa shape index (κ2) is 6.31. The molecule has 1 aromatic rings. The van der Waals surface area contributed by atoms with Crippen LogP contribution in [0.25, 0.3) is 0 Å². The summed E-state index contributed by atoms with van der Waals surface area (Å²) in [5.41, 5.74) is 0.569. The van der Waals surface area contributed by atoms with E-state index in [-0.39, 0.29) is 11.7 Å². The van der Waals surface area contributed by atoms with Gasteiger partial charge in [0.15, 0.2) is 0 Å². The Kier molecular flexibility index (Phi) is 5.04. The molecule has 98 valence electrons. The number of carbonyl (C=O) groups is 1. The second-order valence-electron chi connectivity index (χ2n) is 4.20. The van der Waals surface area contributed by atoms with E-state index in [1.54, 1.807) is 13.0 Å². The lowest BCUT2D eigenvalue weighted by Crippen LogP contribution is -2.44. The van der Waals surface area contributed by atoms with Gasteiger partial charge in [-0.3, -0.25) is 4.79 Å². The van der Waals surface area contributed by atoms with Gasteiger partial charge in [0.1, 0.15) is 5.82 Å². The van der Waals surface area contributed by atoms with E-state index in [9.17, 15) is 14.3 Å². The smallest absolute Gasteiger partial charge is 0.224 e. The quantitative estimate of drug-likeness (QED) is 0.817. The minimum absolute atomic E-state index is 0.197. The highest BCUT2D eigenvalue weighted by Gasteiger charge is 2.24. The largest absolute Gasteiger partial charge is 0.391 e. The summed E-state index contributed by atoms with van der Waals surface area (Å²) in [7, 11) is 0. The summed E-state index contributed by atoms with van der Waals surface area (Å²) in [6.07, 6.45) is 1.30. The molecule has 1 aromatic carbocycles. The lowest BCUT2D eigenvalue weighted by Gasteiger charge is -2.31. The first-order valence-corrected chi connectivity index (χ1v) is 5.81. The molecular weight excluding hydrogens is 233 g/mol. The summed E-state index contributed by atoms with van der Waals surface area (Å²) in [6, 6.07) is 5.23. The van der Waals surface area contributed by atoms with Gasteiger partial charge in [-0.15, -0.1) is 6.58 Å². The van der Waals surface area contributed by atoms with Gasteiger partial charge in [0.05, 0.1) is 12.1 Å². The molecule has 0 radical (unpaired) electrons. The van der Waals surface area contributed by atoms with Crippen LogP contribution in [0.2, 0.25) is 0 Å². The lowest BCUT2D eigenvalue weighted by atomic mass is 10.1. The zero-order valence-corrected chi connectivity index (χ0v) is 10.6. The molecule has 3 nitrogen and oxygen atoms in total. The Morgan fingerprint density at radius 1 is 1.50 bits per heavy atom. The van der Waals surface area contributed by atoms with Gasteiger partial charge in [0.25, 0.3) is 0 Å². The number of benzene rings is 1. The molecule has 0 spiro atoms. The monoisotopic (exact) mass is 251 g/mol. The third-order valence-electron chi connectivity index (χ3n) is 2.82.